The van der Waals surface area contributed by atoms with Crippen molar-refractivity contribution in [3.63, 3.8) is 0 Å². The van der Waals surface area contributed by atoms with Gasteiger partial charge in [-0.05, 0) is 30.3 Å². The number of hydrogen-bond acceptors (Lipinski definition) is 3. The van der Waals surface area contributed by atoms with Gasteiger partial charge < -0.3 is 10.6 Å². The molecule has 0 spiro atoms. The van der Waals surface area contributed by atoms with E-state index in [2.05, 4.69) is 18.4 Å². The number of carbonyl (C=O) groups is 1. The minimum atomic E-state index is 0.254. The van der Waals surface area contributed by atoms with E-state index in [0.29, 0.717) is 18.9 Å². The van der Waals surface area contributed by atoms with Crippen LogP contribution in [0.3, 0.4) is 0 Å². The monoisotopic (exact) mass is 238 g/mol. The first-order valence-corrected chi connectivity index (χ1v) is 6.67. The molecule has 0 saturated carbocycles. The third-order valence-corrected chi connectivity index (χ3v) is 4.18. The van der Waals surface area contributed by atoms with E-state index >= 15 is 0 Å². The lowest BCUT2D eigenvalue weighted by molar-refractivity contribution is -0.129. The highest BCUT2D eigenvalue weighted by molar-refractivity contribution is 7.10. The van der Waals surface area contributed by atoms with Crippen LogP contribution in [-0.2, 0) is 4.79 Å². The molecule has 0 bridgehead atoms. The predicted molar refractivity (Wildman–Crippen MR) is 66.2 cm³/mol. The van der Waals surface area contributed by atoms with E-state index in [1.165, 1.54) is 4.88 Å². The highest BCUT2D eigenvalue weighted by Gasteiger charge is 2.33. The summed E-state index contributed by atoms with van der Waals surface area (Å²) in [4.78, 5) is 15.2. The van der Waals surface area contributed by atoms with Gasteiger partial charge in [0.15, 0.2) is 0 Å². The van der Waals surface area contributed by atoms with Gasteiger partial charge in [-0.25, -0.2) is 0 Å². The van der Waals surface area contributed by atoms with Crippen LogP contribution in [0, 0.1) is 5.92 Å². The highest BCUT2D eigenvalue weighted by Crippen LogP contribution is 2.32. The first-order chi connectivity index (χ1) is 7.76. The topological polar surface area (TPSA) is 46.3 Å². The number of amides is 1. The molecule has 2 N–H and O–H groups in total. The standard InChI is InChI=1S/C12H18N2OS/c1-2-10(11-4-3-5-16-11)14-8-9(7-13)6-12(14)15/h3-5,9-10H,2,6-8,13H2,1H3. The van der Waals surface area contributed by atoms with Crippen molar-refractivity contribution in [1.82, 2.24) is 4.90 Å². The Labute approximate surface area is 100 Å². The zero-order chi connectivity index (χ0) is 11.5. The second kappa shape index (κ2) is 4.97. The Balaban J connectivity index is 2.14. The summed E-state index contributed by atoms with van der Waals surface area (Å²) in [7, 11) is 0. The molecule has 0 radical (unpaired) electrons. The maximum atomic E-state index is 11.9. The molecule has 1 aromatic rings. The molecule has 2 heterocycles. The maximum Gasteiger partial charge on any atom is 0.223 e. The van der Waals surface area contributed by atoms with Gasteiger partial charge in [-0.2, -0.15) is 0 Å². The number of carbonyl (C=O) groups excluding carboxylic acids is 1. The zero-order valence-electron chi connectivity index (χ0n) is 9.56. The van der Waals surface area contributed by atoms with Crippen LogP contribution in [-0.4, -0.2) is 23.9 Å². The summed E-state index contributed by atoms with van der Waals surface area (Å²) >= 11 is 1.73. The summed E-state index contributed by atoms with van der Waals surface area (Å²) in [6, 6.07) is 4.41. The smallest absolute Gasteiger partial charge is 0.223 e. The minimum Gasteiger partial charge on any atom is -0.335 e. The molecule has 1 aromatic heterocycles. The fourth-order valence-electron chi connectivity index (χ4n) is 2.32. The summed E-state index contributed by atoms with van der Waals surface area (Å²) in [6.45, 7) is 3.57. The lowest BCUT2D eigenvalue weighted by atomic mass is 10.1. The number of hydrogen-bond donors (Lipinski definition) is 1. The lowest BCUT2D eigenvalue weighted by Gasteiger charge is -2.26. The van der Waals surface area contributed by atoms with Crippen molar-refractivity contribution in [2.45, 2.75) is 25.8 Å². The van der Waals surface area contributed by atoms with Gasteiger partial charge in [-0.1, -0.05) is 13.0 Å². The average molecular weight is 238 g/mol. The second-order valence-electron chi connectivity index (χ2n) is 4.29. The van der Waals surface area contributed by atoms with Crippen LogP contribution >= 0.6 is 11.3 Å². The van der Waals surface area contributed by atoms with E-state index in [4.69, 9.17) is 5.73 Å². The molecule has 2 rings (SSSR count). The Bertz CT molecular complexity index is 350. The van der Waals surface area contributed by atoms with Crippen LogP contribution in [0.15, 0.2) is 17.5 Å². The van der Waals surface area contributed by atoms with Crippen molar-refractivity contribution in [1.29, 1.82) is 0 Å². The van der Waals surface area contributed by atoms with Crippen LogP contribution in [0.1, 0.15) is 30.7 Å². The third-order valence-electron chi connectivity index (χ3n) is 3.21. The molecule has 1 aliphatic heterocycles. The van der Waals surface area contributed by atoms with E-state index in [9.17, 15) is 4.79 Å². The Morgan fingerprint density at radius 3 is 3.00 bits per heavy atom. The first-order valence-electron chi connectivity index (χ1n) is 5.79. The molecule has 0 aliphatic carbocycles. The molecule has 1 saturated heterocycles. The fourth-order valence-corrected chi connectivity index (χ4v) is 3.25. The predicted octanol–water partition coefficient (Wildman–Crippen LogP) is 2.01. The van der Waals surface area contributed by atoms with E-state index in [1.54, 1.807) is 11.3 Å². The molecule has 1 aliphatic rings. The van der Waals surface area contributed by atoms with Crippen LogP contribution < -0.4 is 5.73 Å². The van der Waals surface area contributed by atoms with Gasteiger partial charge >= 0.3 is 0 Å². The van der Waals surface area contributed by atoms with Crippen LogP contribution in [0.4, 0.5) is 0 Å². The molecule has 88 valence electrons. The van der Waals surface area contributed by atoms with E-state index in [1.807, 2.05) is 11.0 Å². The number of nitrogens with zero attached hydrogens (tertiary/aromatic N) is 1. The molecule has 1 fully saturated rings. The summed E-state index contributed by atoms with van der Waals surface area (Å²) < 4.78 is 0. The van der Waals surface area contributed by atoms with Crippen molar-refractivity contribution in [2.24, 2.45) is 11.7 Å². The number of rotatable bonds is 4. The SMILES string of the molecule is CCC(c1cccs1)N1CC(CN)CC1=O. The molecule has 1 amide bonds. The highest BCUT2D eigenvalue weighted by atomic mass is 32.1. The molecule has 2 unspecified atom stereocenters. The third kappa shape index (κ3) is 2.13. The maximum absolute atomic E-state index is 11.9. The molecule has 16 heavy (non-hydrogen) atoms. The minimum absolute atomic E-state index is 0.254. The van der Waals surface area contributed by atoms with E-state index < -0.39 is 0 Å². The number of thiophene rings is 1. The van der Waals surface area contributed by atoms with Crippen molar-refractivity contribution < 1.29 is 4.79 Å². The molecule has 2 atom stereocenters. The Morgan fingerprint density at radius 2 is 2.50 bits per heavy atom. The van der Waals surface area contributed by atoms with E-state index in [-0.39, 0.29) is 11.9 Å². The molecule has 0 aromatic carbocycles. The van der Waals surface area contributed by atoms with Gasteiger partial charge in [0, 0.05) is 17.8 Å². The quantitative estimate of drug-likeness (QED) is 0.872. The second-order valence-corrected chi connectivity index (χ2v) is 5.27. The largest absolute Gasteiger partial charge is 0.335 e. The van der Waals surface area contributed by atoms with Gasteiger partial charge in [0.25, 0.3) is 0 Å². The number of nitrogens with two attached hydrogens (primary N) is 1. The van der Waals surface area contributed by atoms with Gasteiger partial charge in [0.1, 0.15) is 0 Å². The number of likely N-dealkylation sites (tertiary alicyclic amines) is 1. The van der Waals surface area contributed by atoms with Crippen molar-refractivity contribution in [2.75, 3.05) is 13.1 Å². The molecular weight excluding hydrogens is 220 g/mol. The van der Waals surface area contributed by atoms with Gasteiger partial charge in [-0.3, -0.25) is 4.79 Å². The van der Waals surface area contributed by atoms with E-state index in [0.717, 1.165) is 13.0 Å². The van der Waals surface area contributed by atoms with Crippen molar-refractivity contribution in [3.8, 4) is 0 Å². The van der Waals surface area contributed by atoms with Gasteiger partial charge in [-0.15, -0.1) is 11.3 Å². The molecular formula is C12H18N2OS. The first kappa shape index (κ1) is 11.6. The van der Waals surface area contributed by atoms with Crippen molar-refractivity contribution >= 4 is 17.2 Å². The van der Waals surface area contributed by atoms with Crippen LogP contribution in [0.25, 0.3) is 0 Å². The van der Waals surface area contributed by atoms with Crippen LogP contribution in [0.5, 0.6) is 0 Å². The Kier molecular flexibility index (Phi) is 3.61. The molecule has 4 heteroatoms. The van der Waals surface area contributed by atoms with Crippen LogP contribution in [0.2, 0.25) is 0 Å². The summed E-state index contributed by atoms with van der Waals surface area (Å²) in [5, 5.41) is 2.07. The Hall–Kier alpha value is -0.870. The summed E-state index contributed by atoms with van der Waals surface area (Å²) in [5.74, 6) is 0.609. The molecule has 3 nitrogen and oxygen atoms in total. The normalized spacial score (nSPS) is 22.8. The summed E-state index contributed by atoms with van der Waals surface area (Å²) in [5.41, 5.74) is 5.64. The zero-order valence-corrected chi connectivity index (χ0v) is 10.4. The van der Waals surface area contributed by atoms with Gasteiger partial charge in [0.2, 0.25) is 5.91 Å². The van der Waals surface area contributed by atoms with Gasteiger partial charge in [0.05, 0.1) is 6.04 Å². The summed E-state index contributed by atoms with van der Waals surface area (Å²) in [6.07, 6.45) is 1.60. The Morgan fingerprint density at radius 1 is 1.69 bits per heavy atom. The van der Waals surface area contributed by atoms with Crippen molar-refractivity contribution in [3.05, 3.63) is 22.4 Å². The fraction of sp³-hybridized carbons (Fsp3) is 0.583. The average Bonchev–Trinajstić information content (AvgIpc) is 2.91. The lowest BCUT2D eigenvalue weighted by Crippen LogP contribution is -2.30.